The summed E-state index contributed by atoms with van der Waals surface area (Å²) in [5.41, 5.74) is 1.20. The molecule has 0 heterocycles. The highest BCUT2D eigenvalue weighted by Crippen LogP contribution is 2.17. The fourth-order valence-corrected chi connectivity index (χ4v) is 1.49. The number of rotatable bonds is 3. The van der Waals surface area contributed by atoms with Crippen molar-refractivity contribution in [3.8, 4) is 0 Å². The largest absolute Gasteiger partial charge is 0.300 e. The maximum atomic E-state index is 10.7. The first-order valence-electron chi connectivity index (χ1n) is 3.93. The lowest BCUT2D eigenvalue weighted by Crippen LogP contribution is -1.94. The average Bonchev–Trinajstić information content (AvgIpc) is 2.03. The van der Waals surface area contributed by atoms with Crippen LogP contribution in [0.4, 0.5) is 0 Å². The van der Waals surface area contributed by atoms with Crippen molar-refractivity contribution < 1.29 is 4.79 Å². The minimum Gasteiger partial charge on any atom is -0.300 e. The van der Waals surface area contributed by atoms with E-state index in [0.29, 0.717) is 6.42 Å². The van der Waals surface area contributed by atoms with Crippen molar-refractivity contribution in [2.24, 2.45) is 0 Å². The predicted molar refractivity (Wildman–Crippen MR) is 53.1 cm³/mol. The molecule has 0 fully saturated rings. The summed E-state index contributed by atoms with van der Waals surface area (Å²) in [5, 5.41) is 0. The summed E-state index contributed by atoms with van der Waals surface area (Å²) < 4.78 is 1.09. The zero-order valence-corrected chi connectivity index (χ0v) is 8.60. The highest BCUT2D eigenvalue weighted by Gasteiger charge is 1.99. The summed E-state index contributed by atoms with van der Waals surface area (Å²) in [6.45, 7) is 1.62. The number of hydrogen-bond donors (Lipinski definition) is 0. The number of carbonyl (C=O) groups is 1. The summed E-state index contributed by atoms with van der Waals surface area (Å²) >= 11 is 3.44. The van der Waals surface area contributed by atoms with Gasteiger partial charge >= 0.3 is 0 Å². The Labute approximate surface area is 80.9 Å². The molecule has 1 aromatic carbocycles. The molecule has 0 aliphatic rings. The van der Waals surface area contributed by atoms with Crippen molar-refractivity contribution in [3.05, 3.63) is 34.3 Å². The number of benzene rings is 1. The lowest BCUT2D eigenvalue weighted by molar-refractivity contribution is -0.116. The fraction of sp³-hybridized carbons (Fsp3) is 0.300. The van der Waals surface area contributed by atoms with Crippen molar-refractivity contribution in [2.75, 3.05) is 0 Å². The van der Waals surface area contributed by atoms with Gasteiger partial charge < -0.3 is 4.79 Å². The number of ketones is 1. The number of carbonyl (C=O) groups excluding carboxylic acids is 1. The molecule has 1 aromatic rings. The van der Waals surface area contributed by atoms with E-state index in [-0.39, 0.29) is 5.78 Å². The van der Waals surface area contributed by atoms with Crippen molar-refractivity contribution >= 4 is 21.7 Å². The number of Topliss-reactive ketones (excluding diaryl/α,β-unsaturated/α-hetero) is 1. The second-order valence-corrected chi connectivity index (χ2v) is 3.65. The van der Waals surface area contributed by atoms with Gasteiger partial charge in [0.2, 0.25) is 0 Å². The lowest BCUT2D eigenvalue weighted by atomic mass is 10.1. The van der Waals surface area contributed by atoms with Crippen LogP contribution in [-0.4, -0.2) is 5.78 Å². The highest BCUT2D eigenvalue weighted by molar-refractivity contribution is 9.10. The van der Waals surface area contributed by atoms with Gasteiger partial charge in [-0.3, -0.25) is 0 Å². The van der Waals surface area contributed by atoms with E-state index < -0.39 is 0 Å². The van der Waals surface area contributed by atoms with Crippen molar-refractivity contribution in [1.29, 1.82) is 0 Å². The van der Waals surface area contributed by atoms with Gasteiger partial charge in [0.25, 0.3) is 0 Å². The Morgan fingerprint density at radius 3 is 2.67 bits per heavy atom. The molecule has 0 bridgehead atoms. The zero-order valence-electron chi connectivity index (χ0n) is 7.01. The van der Waals surface area contributed by atoms with E-state index >= 15 is 0 Å². The van der Waals surface area contributed by atoms with E-state index in [9.17, 15) is 4.79 Å². The van der Waals surface area contributed by atoms with E-state index in [1.165, 1.54) is 5.56 Å². The van der Waals surface area contributed by atoms with Crippen LogP contribution in [0.15, 0.2) is 28.7 Å². The quantitative estimate of drug-likeness (QED) is 0.775. The van der Waals surface area contributed by atoms with Gasteiger partial charge in [0.15, 0.2) is 0 Å². The van der Waals surface area contributed by atoms with Crippen LogP contribution in [0, 0.1) is 0 Å². The highest BCUT2D eigenvalue weighted by atomic mass is 79.9. The average molecular weight is 227 g/mol. The normalized spacial score (nSPS) is 9.83. The number of halogens is 1. The van der Waals surface area contributed by atoms with Crippen LogP contribution in [0.1, 0.15) is 18.9 Å². The first-order chi connectivity index (χ1) is 5.70. The van der Waals surface area contributed by atoms with Crippen molar-refractivity contribution in [1.82, 2.24) is 0 Å². The predicted octanol–water partition coefficient (Wildman–Crippen LogP) is 2.97. The Bertz CT molecular complexity index is 281. The standard InChI is InChI=1S/C10H11BrO/c1-8(12)6-7-9-4-2-3-5-10(9)11/h2-5H,6-7H2,1H3. The third-order valence-electron chi connectivity index (χ3n) is 1.70. The van der Waals surface area contributed by atoms with Gasteiger partial charge in [-0.05, 0) is 25.0 Å². The van der Waals surface area contributed by atoms with Crippen molar-refractivity contribution in [2.45, 2.75) is 19.8 Å². The Hall–Kier alpha value is -0.630. The molecule has 1 rings (SSSR count). The SMILES string of the molecule is CC(=O)CCc1ccccc1Br. The van der Waals surface area contributed by atoms with Crippen LogP contribution in [0.2, 0.25) is 0 Å². The molecule has 64 valence electrons. The van der Waals surface area contributed by atoms with Gasteiger partial charge in [-0.15, -0.1) is 0 Å². The summed E-state index contributed by atoms with van der Waals surface area (Å²) in [6.07, 6.45) is 1.46. The first-order valence-corrected chi connectivity index (χ1v) is 4.72. The van der Waals surface area contributed by atoms with Crippen LogP contribution in [0.5, 0.6) is 0 Å². The molecule has 0 aliphatic carbocycles. The van der Waals surface area contributed by atoms with E-state index in [0.717, 1.165) is 10.9 Å². The summed E-state index contributed by atoms with van der Waals surface area (Å²) in [4.78, 5) is 10.7. The molecule has 12 heavy (non-hydrogen) atoms. The number of aryl methyl sites for hydroxylation is 1. The minimum absolute atomic E-state index is 0.241. The molecule has 0 saturated heterocycles. The molecule has 2 heteroatoms. The minimum atomic E-state index is 0.241. The Morgan fingerprint density at radius 2 is 2.08 bits per heavy atom. The molecule has 0 unspecified atom stereocenters. The van der Waals surface area contributed by atoms with E-state index in [1.807, 2.05) is 24.3 Å². The number of hydrogen-bond acceptors (Lipinski definition) is 1. The van der Waals surface area contributed by atoms with Crippen LogP contribution >= 0.6 is 15.9 Å². The fourth-order valence-electron chi connectivity index (χ4n) is 1.01. The first kappa shape index (κ1) is 9.46. The molecule has 0 amide bonds. The van der Waals surface area contributed by atoms with Gasteiger partial charge in [0.05, 0.1) is 0 Å². The van der Waals surface area contributed by atoms with E-state index in [1.54, 1.807) is 6.92 Å². The van der Waals surface area contributed by atoms with Gasteiger partial charge in [0.1, 0.15) is 5.78 Å². The topological polar surface area (TPSA) is 17.1 Å². The smallest absolute Gasteiger partial charge is 0.130 e. The molecule has 0 radical (unpaired) electrons. The van der Waals surface area contributed by atoms with Crippen LogP contribution < -0.4 is 0 Å². The monoisotopic (exact) mass is 226 g/mol. The van der Waals surface area contributed by atoms with Crippen LogP contribution in [-0.2, 0) is 11.2 Å². The lowest BCUT2D eigenvalue weighted by Gasteiger charge is -2.00. The van der Waals surface area contributed by atoms with Gasteiger partial charge in [0, 0.05) is 10.9 Å². The maximum absolute atomic E-state index is 10.7. The molecule has 0 aliphatic heterocycles. The molecule has 0 N–H and O–H groups in total. The Balaban J connectivity index is 2.63. The van der Waals surface area contributed by atoms with E-state index in [4.69, 9.17) is 0 Å². The van der Waals surface area contributed by atoms with Crippen LogP contribution in [0.25, 0.3) is 0 Å². The summed E-state index contributed by atoms with van der Waals surface area (Å²) in [7, 11) is 0. The molecular weight excluding hydrogens is 216 g/mol. The molecule has 0 aromatic heterocycles. The summed E-state index contributed by atoms with van der Waals surface area (Å²) in [6, 6.07) is 7.99. The second kappa shape index (κ2) is 4.41. The Kier molecular flexibility index (Phi) is 3.48. The van der Waals surface area contributed by atoms with Crippen molar-refractivity contribution in [3.63, 3.8) is 0 Å². The van der Waals surface area contributed by atoms with Gasteiger partial charge in [-0.2, -0.15) is 0 Å². The van der Waals surface area contributed by atoms with E-state index in [2.05, 4.69) is 15.9 Å². The zero-order chi connectivity index (χ0) is 8.97. The third kappa shape index (κ3) is 2.78. The summed E-state index contributed by atoms with van der Waals surface area (Å²) in [5.74, 6) is 0.241. The van der Waals surface area contributed by atoms with Gasteiger partial charge in [-0.25, -0.2) is 0 Å². The molecule has 0 spiro atoms. The molecule has 0 saturated carbocycles. The molecule has 1 nitrogen and oxygen atoms in total. The van der Waals surface area contributed by atoms with Gasteiger partial charge in [-0.1, -0.05) is 34.1 Å². The molecular formula is C10H11BrO. The second-order valence-electron chi connectivity index (χ2n) is 2.79. The Morgan fingerprint density at radius 1 is 1.42 bits per heavy atom. The maximum Gasteiger partial charge on any atom is 0.130 e. The van der Waals surface area contributed by atoms with Crippen LogP contribution in [0.3, 0.4) is 0 Å². The molecule has 0 atom stereocenters. The third-order valence-corrected chi connectivity index (χ3v) is 2.48.